The lowest BCUT2D eigenvalue weighted by Gasteiger charge is -2.31. The van der Waals surface area contributed by atoms with E-state index in [-0.39, 0.29) is 40.1 Å². The van der Waals surface area contributed by atoms with Gasteiger partial charge in [0.1, 0.15) is 17.1 Å². The van der Waals surface area contributed by atoms with Gasteiger partial charge in [-0.15, -0.1) is 0 Å². The summed E-state index contributed by atoms with van der Waals surface area (Å²) in [4.78, 5) is 15.4. The molecule has 1 atom stereocenters. The second-order valence-electron chi connectivity index (χ2n) is 8.26. The number of hydrogen-bond donors (Lipinski definition) is 1. The molecule has 1 fully saturated rings. The summed E-state index contributed by atoms with van der Waals surface area (Å²) in [5.74, 6) is -1.03. The molecule has 170 valence electrons. The van der Waals surface area contributed by atoms with Crippen molar-refractivity contribution >= 4 is 11.0 Å². The molecule has 0 amide bonds. The minimum atomic E-state index is -4.92. The normalized spacial score (nSPS) is 17.6. The predicted molar refractivity (Wildman–Crippen MR) is 115 cm³/mol. The summed E-state index contributed by atoms with van der Waals surface area (Å²) in [5, 5.41) is 10.5. The number of benzene rings is 2. The molecule has 0 spiro atoms. The highest BCUT2D eigenvalue weighted by atomic mass is 19.4. The lowest BCUT2D eigenvalue weighted by atomic mass is 9.98. The zero-order chi connectivity index (χ0) is 23.0. The van der Waals surface area contributed by atoms with Crippen LogP contribution in [0.1, 0.15) is 31.1 Å². The second-order valence-corrected chi connectivity index (χ2v) is 8.26. The van der Waals surface area contributed by atoms with Gasteiger partial charge in [0.25, 0.3) is 0 Å². The SMILES string of the molecule is COc1ccccc1-c1c(C(F)(F)F)oc2c(CN3CCC[C@@H](C)C3)c(O)ccc2c1=O. The molecule has 1 aliphatic heterocycles. The summed E-state index contributed by atoms with van der Waals surface area (Å²) in [6, 6.07) is 8.65. The van der Waals surface area contributed by atoms with E-state index in [0.717, 1.165) is 25.9 Å². The number of rotatable bonds is 4. The summed E-state index contributed by atoms with van der Waals surface area (Å²) in [6.07, 6.45) is -2.89. The largest absolute Gasteiger partial charge is 0.507 e. The Morgan fingerprint density at radius 1 is 1.22 bits per heavy atom. The number of para-hydroxylation sites is 1. The molecule has 0 saturated carbocycles. The molecular formula is C24H24F3NO4. The number of phenolic OH excluding ortho intramolecular Hbond substituents is 1. The molecule has 0 unspecified atom stereocenters. The van der Waals surface area contributed by atoms with Crippen LogP contribution >= 0.6 is 0 Å². The van der Waals surface area contributed by atoms with Gasteiger partial charge in [0, 0.05) is 18.7 Å². The molecule has 5 nitrogen and oxygen atoms in total. The van der Waals surface area contributed by atoms with Crippen molar-refractivity contribution in [2.24, 2.45) is 5.92 Å². The van der Waals surface area contributed by atoms with Crippen molar-refractivity contribution in [2.75, 3.05) is 20.2 Å². The first kappa shape index (κ1) is 22.2. The average Bonchev–Trinajstić information content (AvgIpc) is 2.75. The first-order valence-corrected chi connectivity index (χ1v) is 10.4. The number of methoxy groups -OCH3 is 1. The fourth-order valence-corrected chi connectivity index (χ4v) is 4.41. The van der Waals surface area contributed by atoms with Gasteiger partial charge < -0.3 is 14.3 Å². The zero-order valence-electron chi connectivity index (χ0n) is 17.8. The van der Waals surface area contributed by atoms with E-state index in [0.29, 0.717) is 5.92 Å². The number of phenols is 1. The Labute approximate surface area is 183 Å². The van der Waals surface area contributed by atoms with E-state index in [1.807, 2.05) is 0 Å². The Morgan fingerprint density at radius 2 is 1.97 bits per heavy atom. The highest BCUT2D eigenvalue weighted by Gasteiger charge is 2.40. The summed E-state index contributed by atoms with van der Waals surface area (Å²) < 4.78 is 52.8. The van der Waals surface area contributed by atoms with Crippen LogP contribution in [-0.2, 0) is 12.7 Å². The van der Waals surface area contributed by atoms with Crippen LogP contribution in [0.3, 0.4) is 0 Å². The minimum Gasteiger partial charge on any atom is -0.507 e. The van der Waals surface area contributed by atoms with Crippen LogP contribution in [-0.4, -0.2) is 30.2 Å². The Kier molecular flexibility index (Phi) is 5.90. The molecule has 3 aromatic rings. The molecule has 0 aliphatic carbocycles. The van der Waals surface area contributed by atoms with Gasteiger partial charge in [-0.3, -0.25) is 9.69 Å². The van der Waals surface area contributed by atoms with Crippen molar-refractivity contribution in [3.63, 3.8) is 0 Å². The maximum Gasteiger partial charge on any atom is 0.450 e. The smallest absolute Gasteiger partial charge is 0.450 e. The number of alkyl halides is 3. The zero-order valence-corrected chi connectivity index (χ0v) is 17.8. The van der Waals surface area contributed by atoms with Gasteiger partial charge >= 0.3 is 6.18 Å². The molecule has 32 heavy (non-hydrogen) atoms. The highest BCUT2D eigenvalue weighted by molar-refractivity contribution is 5.87. The standard InChI is InChI=1S/C24H24F3NO4/c1-14-6-5-11-28(12-14)13-17-18(29)10-9-16-21(30)20(15-7-3-4-8-19(15)31-2)23(24(25,26)27)32-22(16)17/h3-4,7-10,14,29H,5-6,11-13H2,1-2H3/t14-/m1/s1. The average molecular weight is 447 g/mol. The van der Waals surface area contributed by atoms with Crippen LogP contribution in [0, 0.1) is 5.92 Å². The van der Waals surface area contributed by atoms with E-state index in [9.17, 15) is 23.1 Å². The number of hydrogen-bond acceptors (Lipinski definition) is 5. The molecular weight excluding hydrogens is 423 g/mol. The summed E-state index contributed by atoms with van der Waals surface area (Å²) >= 11 is 0. The number of aromatic hydroxyl groups is 1. The fourth-order valence-electron chi connectivity index (χ4n) is 4.41. The first-order valence-electron chi connectivity index (χ1n) is 10.4. The van der Waals surface area contributed by atoms with Gasteiger partial charge in [0.05, 0.1) is 23.6 Å². The molecule has 1 aliphatic rings. The predicted octanol–water partition coefficient (Wildman–Crippen LogP) is 5.42. The third-order valence-electron chi connectivity index (χ3n) is 5.90. The number of ether oxygens (including phenoxy) is 1. The molecule has 8 heteroatoms. The fraction of sp³-hybridized carbons (Fsp3) is 0.375. The van der Waals surface area contributed by atoms with Gasteiger partial charge in [-0.1, -0.05) is 25.1 Å². The number of nitrogens with zero attached hydrogens (tertiary/aromatic N) is 1. The van der Waals surface area contributed by atoms with Crippen molar-refractivity contribution in [1.82, 2.24) is 4.90 Å². The van der Waals surface area contributed by atoms with Crippen molar-refractivity contribution in [1.29, 1.82) is 0 Å². The molecule has 0 bridgehead atoms. The Hall–Kier alpha value is -3.00. The lowest BCUT2D eigenvalue weighted by Crippen LogP contribution is -2.33. The Balaban J connectivity index is 1.97. The number of fused-ring (bicyclic) bond motifs is 1. The Bertz CT molecular complexity index is 1200. The topological polar surface area (TPSA) is 62.9 Å². The number of piperidine rings is 1. The van der Waals surface area contributed by atoms with Crippen LogP contribution in [0.25, 0.3) is 22.1 Å². The third-order valence-corrected chi connectivity index (χ3v) is 5.90. The second kappa shape index (κ2) is 8.50. The van der Waals surface area contributed by atoms with Gasteiger partial charge in [-0.05, 0) is 43.5 Å². The molecule has 0 radical (unpaired) electrons. The van der Waals surface area contributed by atoms with Crippen molar-refractivity contribution in [2.45, 2.75) is 32.5 Å². The van der Waals surface area contributed by atoms with E-state index in [4.69, 9.17) is 9.15 Å². The molecule has 1 aromatic heterocycles. The molecule has 1 N–H and O–H groups in total. The van der Waals surface area contributed by atoms with Crippen molar-refractivity contribution in [3.05, 3.63) is 57.9 Å². The van der Waals surface area contributed by atoms with E-state index >= 15 is 0 Å². The van der Waals surface area contributed by atoms with Crippen LogP contribution in [0.4, 0.5) is 13.2 Å². The molecule has 2 heterocycles. The summed E-state index contributed by atoms with van der Waals surface area (Å²) in [7, 11) is 1.32. The quantitative estimate of drug-likeness (QED) is 0.578. The Morgan fingerprint density at radius 3 is 2.66 bits per heavy atom. The minimum absolute atomic E-state index is 0.00236. The van der Waals surface area contributed by atoms with Crippen molar-refractivity contribution in [3.8, 4) is 22.6 Å². The third kappa shape index (κ3) is 4.07. The van der Waals surface area contributed by atoms with Crippen LogP contribution in [0.5, 0.6) is 11.5 Å². The van der Waals surface area contributed by atoms with E-state index in [1.54, 1.807) is 6.07 Å². The first-order chi connectivity index (χ1) is 15.2. The summed E-state index contributed by atoms with van der Waals surface area (Å²) in [6.45, 7) is 3.82. The van der Waals surface area contributed by atoms with Gasteiger partial charge in [0.2, 0.25) is 11.2 Å². The lowest BCUT2D eigenvalue weighted by molar-refractivity contribution is -0.152. The van der Waals surface area contributed by atoms with Crippen LogP contribution < -0.4 is 10.2 Å². The molecule has 2 aromatic carbocycles. The maximum absolute atomic E-state index is 14.1. The van der Waals surface area contributed by atoms with Crippen LogP contribution in [0.2, 0.25) is 0 Å². The summed E-state index contributed by atoms with van der Waals surface area (Å²) in [5.41, 5.74) is -1.48. The van der Waals surface area contributed by atoms with Gasteiger partial charge in [0.15, 0.2) is 0 Å². The van der Waals surface area contributed by atoms with Gasteiger partial charge in [-0.2, -0.15) is 13.2 Å². The molecule has 1 saturated heterocycles. The monoisotopic (exact) mass is 447 g/mol. The van der Waals surface area contributed by atoms with E-state index in [2.05, 4.69) is 11.8 Å². The van der Waals surface area contributed by atoms with E-state index < -0.39 is 22.9 Å². The van der Waals surface area contributed by atoms with Gasteiger partial charge in [-0.25, -0.2) is 0 Å². The highest BCUT2D eigenvalue weighted by Crippen LogP contribution is 2.41. The van der Waals surface area contributed by atoms with Crippen LogP contribution in [0.15, 0.2) is 45.6 Å². The maximum atomic E-state index is 14.1. The van der Waals surface area contributed by atoms with E-state index in [1.165, 1.54) is 37.4 Å². The van der Waals surface area contributed by atoms with Crippen molar-refractivity contribution < 1.29 is 27.4 Å². The number of likely N-dealkylation sites (tertiary alicyclic amines) is 1. The molecule has 4 rings (SSSR count). The number of halogens is 3.